The topological polar surface area (TPSA) is 0 Å². The van der Waals surface area contributed by atoms with Gasteiger partial charge in [-0.3, -0.25) is 0 Å². The number of fused-ring (bicyclic) bond motifs is 2. The van der Waals surface area contributed by atoms with Crippen molar-refractivity contribution in [1.29, 1.82) is 0 Å². The molecule has 0 saturated heterocycles. The van der Waals surface area contributed by atoms with Crippen molar-refractivity contribution in [3.63, 3.8) is 0 Å². The minimum atomic E-state index is -1.88. The van der Waals surface area contributed by atoms with Gasteiger partial charge in [0.05, 0.1) is 8.07 Å². The molecule has 6 rings (SSSR count). The first-order valence-electron chi connectivity index (χ1n) is 13.9. The third-order valence-corrected chi connectivity index (χ3v) is 13.4. The SMILES string of the molecule is CC1=Cc2c(-c3ccccc3C)cccc2C1[Si](C)(C)C1C(C)=Cc2c(-c3ccccc3C)cccc21.[Cl][Zr][Cl]. The first kappa shape index (κ1) is 29.5. The summed E-state index contributed by atoms with van der Waals surface area (Å²) in [7, 11) is 7.99. The number of rotatable bonds is 4. The second-order valence-electron chi connectivity index (χ2n) is 11.8. The number of halogens is 2. The van der Waals surface area contributed by atoms with Gasteiger partial charge < -0.3 is 0 Å². The Balaban J connectivity index is 0.00000103. The zero-order chi connectivity index (χ0) is 28.6. The number of aryl methyl sites for hydroxylation is 2. The van der Waals surface area contributed by atoms with E-state index < -0.39 is 28.9 Å². The molecule has 4 aromatic rings. The van der Waals surface area contributed by atoms with Gasteiger partial charge >= 0.3 is 37.9 Å². The van der Waals surface area contributed by atoms with Gasteiger partial charge in [-0.05, 0) is 83.3 Å². The molecule has 0 N–H and O–H groups in total. The molecular weight excluding hydrogens is 623 g/mol. The molecule has 40 heavy (non-hydrogen) atoms. The Morgan fingerprint density at radius 2 is 0.875 bits per heavy atom. The molecule has 0 fully saturated rings. The van der Waals surface area contributed by atoms with Crippen LogP contribution in [0.15, 0.2) is 96.1 Å². The molecule has 0 radical (unpaired) electrons. The average molecular weight is 659 g/mol. The van der Waals surface area contributed by atoms with Crippen molar-refractivity contribution in [2.45, 2.75) is 51.9 Å². The fraction of sp³-hybridized carbons (Fsp3) is 0.222. The number of allylic oxidation sites excluding steroid dienone is 2. The third kappa shape index (κ3) is 5.22. The van der Waals surface area contributed by atoms with Crippen molar-refractivity contribution in [3.05, 3.63) is 129 Å². The number of benzene rings is 4. The van der Waals surface area contributed by atoms with Crippen LogP contribution < -0.4 is 0 Å². The maximum absolute atomic E-state index is 4.93. The van der Waals surface area contributed by atoms with Crippen LogP contribution in [-0.4, -0.2) is 8.07 Å². The van der Waals surface area contributed by atoms with Gasteiger partial charge in [-0.1, -0.05) is 121 Å². The van der Waals surface area contributed by atoms with Gasteiger partial charge in [0.2, 0.25) is 0 Å². The third-order valence-electron chi connectivity index (χ3n) is 8.91. The Kier molecular flexibility index (Phi) is 8.94. The molecule has 0 amide bonds. The molecule has 4 aromatic carbocycles. The monoisotopic (exact) mass is 656 g/mol. The van der Waals surface area contributed by atoms with Gasteiger partial charge in [-0.15, -0.1) is 0 Å². The van der Waals surface area contributed by atoms with E-state index in [1.165, 1.54) is 66.8 Å². The number of hydrogen-bond acceptors (Lipinski definition) is 0. The molecule has 4 heteroatoms. The summed E-state index contributed by atoms with van der Waals surface area (Å²) in [4.78, 5) is 0. The second-order valence-corrected chi connectivity index (χ2v) is 20.3. The van der Waals surface area contributed by atoms with Crippen LogP contribution in [0.1, 0.15) is 58.3 Å². The summed E-state index contributed by atoms with van der Waals surface area (Å²) in [6.07, 6.45) is 4.99. The number of hydrogen-bond donors (Lipinski definition) is 0. The Labute approximate surface area is 259 Å². The van der Waals surface area contributed by atoms with E-state index in [2.05, 4.69) is 138 Å². The second kappa shape index (κ2) is 12.1. The Morgan fingerprint density at radius 1 is 0.525 bits per heavy atom. The summed E-state index contributed by atoms with van der Waals surface area (Å²) >= 11 is -0.826. The molecule has 0 aromatic heterocycles. The Bertz CT molecular complexity index is 1510. The van der Waals surface area contributed by atoms with Crippen LogP contribution >= 0.6 is 17.0 Å². The molecule has 0 saturated carbocycles. The van der Waals surface area contributed by atoms with Crippen LogP contribution in [0, 0.1) is 13.8 Å². The fourth-order valence-electron chi connectivity index (χ4n) is 7.47. The van der Waals surface area contributed by atoms with E-state index in [0.717, 1.165) is 0 Å². The van der Waals surface area contributed by atoms with Crippen LogP contribution in [0.25, 0.3) is 34.4 Å². The zero-order valence-corrected chi connectivity index (χ0v) is 29.1. The molecule has 0 spiro atoms. The van der Waals surface area contributed by atoms with Crippen molar-refractivity contribution < 1.29 is 20.8 Å². The molecule has 2 aliphatic carbocycles. The van der Waals surface area contributed by atoms with Gasteiger partial charge in [0, 0.05) is 11.1 Å². The average Bonchev–Trinajstić information content (AvgIpc) is 3.46. The molecule has 2 unspecified atom stereocenters. The van der Waals surface area contributed by atoms with Gasteiger partial charge in [0.25, 0.3) is 0 Å². The molecule has 0 aliphatic heterocycles. The molecule has 0 nitrogen and oxygen atoms in total. The quantitative estimate of drug-likeness (QED) is 0.191. The first-order chi connectivity index (χ1) is 19.2. The standard InChI is InChI=1S/C36H36Si.2ClH.Zr/c1-23-13-7-9-15-27(23)29-17-11-19-31-33(29)21-25(3)35(31)37(5,6)36-26(4)22-34-30(18-12-20-32(34)36)28-16-10-8-14-24(28)2;;;/h7-22,35-36H,1-6H3;2*1H;/q;;;+2/p-2. The summed E-state index contributed by atoms with van der Waals surface area (Å²) in [5.41, 5.74) is 18.2. The zero-order valence-electron chi connectivity index (χ0n) is 24.1. The maximum atomic E-state index is 4.93. The molecule has 0 bridgehead atoms. The minimum absolute atomic E-state index is 0.507. The van der Waals surface area contributed by atoms with Crippen molar-refractivity contribution in [1.82, 2.24) is 0 Å². The molecule has 202 valence electrons. The van der Waals surface area contributed by atoms with Crippen LogP contribution in [0.5, 0.6) is 0 Å². The van der Waals surface area contributed by atoms with Crippen LogP contribution in [0.2, 0.25) is 13.1 Å². The Hall–Kier alpha value is -1.96. The Morgan fingerprint density at radius 3 is 1.25 bits per heavy atom. The van der Waals surface area contributed by atoms with E-state index in [1.807, 2.05) is 0 Å². The van der Waals surface area contributed by atoms with E-state index in [9.17, 15) is 0 Å². The van der Waals surface area contributed by atoms with E-state index in [-0.39, 0.29) is 0 Å². The summed E-state index contributed by atoms with van der Waals surface area (Å²) in [6.45, 7) is 14.5. The molecule has 0 heterocycles. The van der Waals surface area contributed by atoms with Gasteiger partial charge in [0.15, 0.2) is 0 Å². The van der Waals surface area contributed by atoms with E-state index in [4.69, 9.17) is 17.0 Å². The summed E-state index contributed by atoms with van der Waals surface area (Å²) < 4.78 is 0. The first-order valence-corrected chi connectivity index (χ1v) is 23.4. The van der Waals surface area contributed by atoms with Crippen molar-refractivity contribution in [2.75, 3.05) is 0 Å². The predicted molar refractivity (Wildman–Crippen MR) is 175 cm³/mol. The summed E-state index contributed by atoms with van der Waals surface area (Å²) in [5, 5.41) is 0. The van der Waals surface area contributed by atoms with Gasteiger partial charge in [0.1, 0.15) is 0 Å². The fourth-order valence-corrected chi connectivity index (χ4v) is 12.4. The molecule has 2 aliphatic rings. The van der Waals surface area contributed by atoms with Gasteiger partial charge in [-0.2, -0.15) is 0 Å². The molecule has 2 atom stereocenters. The molecular formula is C36H36Cl2SiZr. The van der Waals surface area contributed by atoms with Crippen molar-refractivity contribution >= 4 is 37.3 Å². The van der Waals surface area contributed by atoms with Crippen LogP contribution in [-0.2, 0) is 20.8 Å². The van der Waals surface area contributed by atoms with Crippen LogP contribution in [0.4, 0.5) is 0 Å². The summed E-state index contributed by atoms with van der Waals surface area (Å²) in [6, 6.07) is 31.6. The predicted octanol–water partition coefficient (Wildman–Crippen LogP) is 11.5. The van der Waals surface area contributed by atoms with Crippen LogP contribution in [0.3, 0.4) is 0 Å². The normalized spacial score (nSPS) is 17.3. The van der Waals surface area contributed by atoms with Crippen molar-refractivity contribution in [3.8, 4) is 22.3 Å². The van der Waals surface area contributed by atoms with E-state index in [0.29, 0.717) is 11.1 Å². The summed E-state index contributed by atoms with van der Waals surface area (Å²) in [5.74, 6) is 0. The van der Waals surface area contributed by atoms with E-state index >= 15 is 0 Å². The van der Waals surface area contributed by atoms with Crippen molar-refractivity contribution in [2.24, 2.45) is 0 Å². The van der Waals surface area contributed by atoms with Gasteiger partial charge in [-0.25, -0.2) is 0 Å². The van der Waals surface area contributed by atoms with E-state index in [1.54, 1.807) is 0 Å².